The van der Waals surface area contributed by atoms with Gasteiger partial charge in [-0.25, -0.2) is 0 Å². The molecule has 0 aliphatic heterocycles. The van der Waals surface area contributed by atoms with E-state index in [2.05, 4.69) is 6.58 Å². The normalized spacial score (nSPS) is 12.0. The number of hydrogen-bond acceptors (Lipinski definition) is 7. The molecule has 0 radical (unpaired) electrons. The van der Waals surface area contributed by atoms with E-state index in [1.54, 1.807) is 6.92 Å². The van der Waals surface area contributed by atoms with Gasteiger partial charge in [-0.05, 0) is 44.9 Å². The summed E-state index contributed by atoms with van der Waals surface area (Å²) in [6.07, 6.45) is 2.09. The molecule has 0 fully saturated rings. The summed E-state index contributed by atoms with van der Waals surface area (Å²) in [4.78, 5) is 13.4. The summed E-state index contributed by atoms with van der Waals surface area (Å²) in [5.41, 5.74) is 1.51. The predicted molar refractivity (Wildman–Crippen MR) is 122 cm³/mol. The topological polar surface area (TPSA) is 131 Å². The minimum atomic E-state index is -1.04. The van der Waals surface area contributed by atoms with Gasteiger partial charge >= 0.3 is 0 Å². The van der Waals surface area contributed by atoms with Crippen LogP contribution in [0.4, 0.5) is 0 Å². The van der Waals surface area contributed by atoms with Crippen LogP contribution in [-0.2, 0) is 12.8 Å². The van der Waals surface area contributed by atoms with Crippen molar-refractivity contribution in [2.24, 2.45) is 0 Å². The zero-order valence-corrected chi connectivity index (χ0v) is 18.1. The van der Waals surface area contributed by atoms with Crippen LogP contribution in [0.1, 0.15) is 31.9 Å². The largest absolute Gasteiger partial charge is 0.507 e. The number of fused-ring (bicyclic) bond motifs is 1. The lowest BCUT2D eigenvalue weighted by atomic mass is 9.93. The molecule has 2 aromatic carbocycles. The lowest BCUT2D eigenvalue weighted by Gasteiger charge is -2.17. The Hall–Kier alpha value is -3.71. The first-order valence-electron chi connectivity index (χ1n) is 10.0. The van der Waals surface area contributed by atoms with Gasteiger partial charge in [-0.2, -0.15) is 0 Å². The molecule has 0 bridgehead atoms. The third-order valence-corrected chi connectivity index (χ3v) is 5.33. The van der Waals surface area contributed by atoms with E-state index in [1.165, 1.54) is 24.5 Å². The van der Waals surface area contributed by atoms with E-state index in [0.29, 0.717) is 11.1 Å². The van der Waals surface area contributed by atoms with Crippen LogP contribution in [0.25, 0.3) is 22.1 Å². The van der Waals surface area contributed by atoms with Gasteiger partial charge in [0.1, 0.15) is 28.7 Å². The molecule has 0 amide bonds. The number of phenols is 4. The standard InChI is InChI=1S/C25H26O7/c1-12(2)5-7-15-22(29)16(10-19(27)13(3)4)23(30)21-24(31)17(11-32-25(15)21)14-6-8-18(26)20(28)9-14/h5-6,8-9,11,19,26-30H,3,7,10H2,1-2,4H3/t19-/m0/s1. The second kappa shape index (κ2) is 8.80. The van der Waals surface area contributed by atoms with Gasteiger partial charge in [0.2, 0.25) is 5.43 Å². The van der Waals surface area contributed by atoms with Crippen molar-refractivity contribution in [3.63, 3.8) is 0 Å². The highest BCUT2D eigenvalue weighted by Crippen LogP contribution is 2.41. The number of aliphatic hydroxyl groups excluding tert-OH is 1. The summed E-state index contributed by atoms with van der Waals surface area (Å²) in [5.74, 6) is -1.50. The molecule has 7 nitrogen and oxygen atoms in total. The minimum Gasteiger partial charge on any atom is -0.507 e. The lowest BCUT2D eigenvalue weighted by molar-refractivity contribution is 0.209. The van der Waals surface area contributed by atoms with Crippen LogP contribution in [0.2, 0.25) is 0 Å². The maximum atomic E-state index is 13.4. The van der Waals surface area contributed by atoms with Crippen LogP contribution in [0.15, 0.2) is 57.5 Å². The van der Waals surface area contributed by atoms with Crippen molar-refractivity contribution in [2.75, 3.05) is 0 Å². The van der Waals surface area contributed by atoms with Gasteiger partial charge in [-0.3, -0.25) is 4.79 Å². The van der Waals surface area contributed by atoms with Crippen LogP contribution in [0.5, 0.6) is 23.0 Å². The maximum Gasteiger partial charge on any atom is 0.204 e. The van der Waals surface area contributed by atoms with E-state index >= 15 is 0 Å². The zero-order valence-electron chi connectivity index (χ0n) is 18.1. The highest BCUT2D eigenvalue weighted by Gasteiger charge is 2.25. The van der Waals surface area contributed by atoms with Crippen molar-refractivity contribution in [1.29, 1.82) is 0 Å². The molecule has 0 saturated carbocycles. The highest BCUT2D eigenvalue weighted by molar-refractivity contribution is 5.92. The van der Waals surface area contributed by atoms with Crippen LogP contribution in [0, 0.1) is 0 Å². The monoisotopic (exact) mass is 438 g/mol. The summed E-state index contributed by atoms with van der Waals surface area (Å²) in [7, 11) is 0. The molecule has 1 atom stereocenters. The first-order valence-corrected chi connectivity index (χ1v) is 10.0. The van der Waals surface area contributed by atoms with E-state index in [0.717, 1.165) is 5.57 Å². The quantitative estimate of drug-likeness (QED) is 0.287. The molecule has 0 aliphatic rings. The Kier molecular flexibility index (Phi) is 6.32. The fourth-order valence-corrected chi connectivity index (χ4v) is 3.40. The summed E-state index contributed by atoms with van der Waals surface area (Å²) >= 11 is 0. The fraction of sp³-hybridized carbons (Fsp3) is 0.240. The Balaban J connectivity index is 2.36. The second-order valence-electron chi connectivity index (χ2n) is 8.09. The number of rotatable bonds is 6. The van der Waals surface area contributed by atoms with E-state index in [9.17, 15) is 30.3 Å². The molecule has 0 saturated heterocycles. The zero-order chi connectivity index (χ0) is 23.7. The summed E-state index contributed by atoms with van der Waals surface area (Å²) in [5, 5.41) is 51.4. The van der Waals surface area contributed by atoms with Gasteiger partial charge in [0.25, 0.3) is 0 Å². The molecule has 32 heavy (non-hydrogen) atoms. The summed E-state index contributed by atoms with van der Waals surface area (Å²) in [6.45, 7) is 9.08. The average molecular weight is 438 g/mol. The SMILES string of the molecule is C=C(C)[C@@H](O)Cc1c(O)c(CC=C(C)C)c2occ(-c3ccc(O)c(O)c3)c(=O)c2c1O. The third-order valence-electron chi connectivity index (χ3n) is 5.33. The van der Waals surface area contributed by atoms with Crippen molar-refractivity contribution in [3.05, 3.63) is 69.6 Å². The smallest absolute Gasteiger partial charge is 0.204 e. The predicted octanol–water partition coefficient (Wildman–Crippen LogP) is 4.27. The first kappa shape index (κ1) is 23.0. The Labute approximate surface area is 184 Å². The van der Waals surface area contributed by atoms with E-state index in [-0.39, 0.29) is 52.0 Å². The fourth-order valence-electron chi connectivity index (χ4n) is 3.40. The number of aromatic hydroxyl groups is 4. The van der Waals surface area contributed by atoms with Gasteiger partial charge in [-0.1, -0.05) is 29.9 Å². The Morgan fingerprint density at radius 1 is 1.06 bits per heavy atom. The van der Waals surface area contributed by atoms with Gasteiger partial charge in [0, 0.05) is 17.5 Å². The molecular formula is C25H26O7. The molecule has 3 aromatic rings. The molecule has 7 heteroatoms. The van der Waals surface area contributed by atoms with Crippen molar-refractivity contribution in [3.8, 4) is 34.1 Å². The number of aliphatic hydroxyl groups is 1. The van der Waals surface area contributed by atoms with E-state index < -0.39 is 23.0 Å². The maximum absolute atomic E-state index is 13.4. The second-order valence-corrected chi connectivity index (χ2v) is 8.09. The van der Waals surface area contributed by atoms with Crippen molar-refractivity contribution in [1.82, 2.24) is 0 Å². The number of hydrogen-bond donors (Lipinski definition) is 5. The van der Waals surface area contributed by atoms with Gasteiger partial charge < -0.3 is 29.9 Å². The first-order chi connectivity index (χ1) is 15.0. The van der Waals surface area contributed by atoms with Crippen LogP contribution >= 0.6 is 0 Å². The number of phenolic OH excluding ortho intramolecular Hbond substituents is 4. The number of allylic oxidation sites excluding steroid dienone is 2. The summed E-state index contributed by atoms with van der Waals surface area (Å²) in [6, 6.07) is 3.88. The Morgan fingerprint density at radius 3 is 2.34 bits per heavy atom. The molecule has 0 unspecified atom stereocenters. The summed E-state index contributed by atoms with van der Waals surface area (Å²) < 4.78 is 5.71. The molecule has 1 heterocycles. The molecule has 3 rings (SSSR count). The molecular weight excluding hydrogens is 412 g/mol. The van der Waals surface area contributed by atoms with Crippen molar-refractivity contribution >= 4 is 11.0 Å². The van der Waals surface area contributed by atoms with Gasteiger partial charge in [-0.15, -0.1) is 0 Å². The Bertz CT molecular complexity index is 1290. The van der Waals surface area contributed by atoms with Crippen LogP contribution < -0.4 is 5.43 Å². The number of benzene rings is 2. The van der Waals surface area contributed by atoms with Crippen LogP contribution in [-0.4, -0.2) is 31.6 Å². The molecule has 168 valence electrons. The van der Waals surface area contributed by atoms with E-state index in [1.807, 2.05) is 19.9 Å². The highest BCUT2D eigenvalue weighted by atomic mass is 16.3. The molecule has 0 spiro atoms. The average Bonchev–Trinajstić information content (AvgIpc) is 2.72. The van der Waals surface area contributed by atoms with Gasteiger partial charge in [0.05, 0.1) is 11.7 Å². The van der Waals surface area contributed by atoms with Crippen molar-refractivity contribution in [2.45, 2.75) is 39.7 Å². The Morgan fingerprint density at radius 2 is 1.75 bits per heavy atom. The molecule has 1 aromatic heterocycles. The van der Waals surface area contributed by atoms with Crippen LogP contribution in [0.3, 0.4) is 0 Å². The lowest BCUT2D eigenvalue weighted by Crippen LogP contribution is -2.14. The van der Waals surface area contributed by atoms with E-state index in [4.69, 9.17) is 4.42 Å². The third kappa shape index (κ3) is 4.20. The molecule has 5 N–H and O–H groups in total. The van der Waals surface area contributed by atoms with Crippen molar-refractivity contribution < 1.29 is 29.9 Å². The molecule has 0 aliphatic carbocycles. The minimum absolute atomic E-state index is 0.0168. The van der Waals surface area contributed by atoms with Gasteiger partial charge in [0.15, 0.2) is 11.5 Å².